The first kappa shape index (κ1) is 17.6. The number of anilines is 1. The topological polar surface area (TPSA) is 83.5 Å². The maximum absolute atomic E-state index is 12.4. The van der Waals surface area contributed by atoms with E-state index in [0.717, 1.165) is 5.39 Å². The van der Waals surface area contributed by atoms with Crippen LogP contribution in [0.1, 0.15) is 33.3 Å². The summed E-state index contributed by atoms with van der Waals surface area (Å²) >= 11 is 0. The highest BCUT2D eigenvalue weighted by atomic mass is 16.6. The second-order valence-electron chi connectivity index (χ2n) is 6.30. The van der Waals surface area contributed by atoms with E-state index in [9.17, 15) is 9.59 Å². The Bertz CT molecular complexity index is 797. The molecule has 0 bridgehead atoms. The van der Waals surface area contributed by atoms with Gasteiger partial charge in [-0.25, -0.2) is 9.59 Å². The van der Waals surface area contributed by atoms with Crippen LogP contribution in [-0.2, 0) is 14.3 Å². The maximum Gasteiger partial charge on any atom is 0.419 e. The number of benzene rings is 1. The standard InChI is InChI=1S/C18H22N2O4/c1-5-23-16(21)9-6-12-11-20(17(22)24-18(2,3)4)15-8-7-13(19)10-14(12)15/h6-11H,5,19H2,1-4H3/b9-6+. The molecule has 0 amide bonds. The van der Waals surface area contributed by atoms with Crippen molar-refractivity contribution in [3.05, 3.63) is 36.0 Å². The number of fused-ring (bicyclic) bond motifs is 1. The minimum atomic E-state index is -0.609. The lowest BCUT2D eigenvalue weighted by Gasteiger charge is -2.19. The van der Waals surface area contributed by atoms with E-state index in [1.807, 2.05) is 0 Å². The van der Waals surface area contributed by atoms with Crippen LogP contribution in [0.15, 0.2) is 30.5 Å². The number of nitrogen functional groups attached to an aromatic ring is 1. The predicted molar refractivity (Wildman–Crippen MR) is 93.6 cm³/mol. The Kier molecular flexibility index (Phi) is 4.97. The molecule has 1 aromatic carbocycles. The van der Waals surface area contributed by atoms with Gasteiger partial charge in [0.1, 0.15) is 5.60 Å². The fourth-order valence-electron chi connectivity index (χ4n) is 2.22. The first-order valence-electron chi connectivity index (χ1n) is 7.70. The molecule has 2 aromatic rings. The van der Waals surface area contributed by atoms with Crippen molar-refractivity contribution in [1.29, 1.82) is 0 Å². The smallest absolute Gasteiger partial charge is 0.419 e. The lowest BCUT2D eigenvalue weighted by molar-refractivity contribution is -0.137. The second-order valence-corrected chi connectivity index (χ2v) is 6.30. The number of esters is 1. The second kappa shape index (κ2) is 6.78. The van der Waals surface area contributed by atoms with E-state index in [1.165, 1.54) is 10.6 Å². The molecule has 0 fully saturated rings. The largest absolute Gasteiger partial charge is 0.463 e. The molecule has 2 rings (SSSR count). The lowest BCUT2D eigenvalue weighted by atomic mass is 10.1. The monoisotopic (exact) mass is 330 g/mol. The maximum atomic E-state index is 12.4. The number of aromatic nitrogens is 1. The molecule has 1 aromatic heterocycles. The zero-order valence-corrected chi connectivity index (χ0v) is 14.3. The Balaban J connectivity index is 2.47. The van der Waals surface area contributed by atoms with Gasteiger partial charge in [-0.2, -0.15) is 0 Å². The average molecular weight is 330 g/mol. The van der Waals surface area contributed by atoms with E-state index in [2.05, 4.69) is 0 Å². The molecule has 1 heterocycles. The van der Waals surface area contributed by atoms with Crippen molar-refractivity contribution >= 4 is 34.7 Å². The molecular formula is C18H22N2O4. The summed E-state index contributed by atoms with van der Waals surface area (Å²) in [7, 11) is 0. The Morgan fingerprint density at radius 3 is 2.62 bits per heavy atom. The van der Waals surface area contributed by atoms with Crippen molar-refractivity contribution in [3.63, 3.8) is 0 Å². The number of hydrogen-bond acceptors (Lipinski definition) is 5. The van der Waals surface area contributed by atoms with Gasteiger partial charge in [0.15, 0.2) is 0 Å². The minimum Gasteiger partial charge on any atom is -0.463 e. The van der Waals surface area contributed by atoms with Gasteiger partial charge in [0.2, 0.25) is 0 Å². The summed E-state index contributed by atoms with van der Waals surface area (Å²) in [6, 6.07) is 5.21. The van der Waals surface area contributed by atoms with Gasteiger partial charge in [0.05, 0.1) is 12.1 Å². The fourth-order valence-corrected chi connectivity index (χ4v) is 2.22. The van der Waals surface area contributed by atoms with Crippen molar-refractivity contribution in [2.75, 3.05) is 12.3 Å². The molecule has 0 saturated heterocycles. The van der Waals surface area contributed by atoms with Gasteiger partial charge < -0.3 is 15.2 Å². The lowest BCUT2D eigenvalue weighted by Crippen LogP contribution is -2.26. The summed E-state index contributed by atoms with van der Waals surface area (Å²) in [6.45, 7) is 7.44. The summed E-state index contributed by atoms with van der Waals surface area (Å²) in [5.74, 6) is -0.445. The molecular weight excluding hydrogens is 308 g/mol. The van der Waals surface area contributed by atoms with Crippen molar-refractivity contribution < 1.29 is 19.1 Å². The number of nitrogens with two attached hydrogens (primary N) is 1. The molecule has 6 heteroatoms. The molecule has 0 saturated carbocycles. The van der Waals surface area contributed by atoms with Crippen LogP contribution in [0.25, 0.3) is 17.0 Å². The zero-order valence-electron chi connectivity index (χ0n) is 14.3. The number of ether oxygens (including phenoxy) is 2. The van der Waals surface area contributed by atoms with E-state index in [0.29, 0.717) is 23.4 Å². The molecule has 0 spiro atoms. The van der Waals surface area contributed by atoms with Crippen molar-refractivity contribution in [2.24, 2.45) is 0 Å². The molecule has 6 nitrogen and oxygen atoms in total. The first-order valence-corrected chi connectivity index (χ1v) is 7.70. The highest BCUT2D eigenvalue weighted by molar-refractivity contribution is 5.99. The van der Waals surface area contributed by atoms with E-state index >= 15 is 0 Å². The zero-order chi connectivity index (χ0) is 17.9. The molecule has 128 valence electrons. The summed E-state index contributed by atoms with van der Waals surface area (Å²) in [5.41, 5.74) is 7.13. The van der Waals surface area contributed by atoms with E-state index in [4.69, 9.17) is 15.2 Å². The van der Waals surface area contributed by atoms with Crippen molar-refractivity contribution in [2.45, 2.75) is 33.3 Å². The first-order chi connectivity index (χ1) is 11.2. The van der Waals surface area contributed by atoms with Crippen LogP contribution in [0.2, 0.25) is 0 Å². The number of nitrogens with zero attached hydrogens (tertiary/aromatic N) is 1. The van der Waals surface area contributed by atoms with Gasteiger partial charge in [0, 0.05) is 28.9 Å². The van der Waals surface area contributed by atoms with Crippen LogP contribution in [0.4, 0.5) is 10.5 Å². The van der Waals surface area contributed by atoms with Crippen molar-refractivity contribution in [1.82, 2.24) is 4.57 Å². The average Bonchev–Trinajstić information content (AvgIpc) is 2.82. The molecule has 2 N–H and O–H groups in total. The molecule has 0 unspecified atom stereocenters. The SMILES string of the molecule is CCOC(=O)/C=C/c1cn(C(=O)OC(C)(C)C)c2ccc(N)cc12. The predicted octanol–water partition coefficient (Wildman–Crippen LogP) is 3.58. The third-order valence-corrected chi connectivity index (χ3v) is 3.14. The van der Waals surface area contributed by atoms with E-state index in [-0.39, 0.29) is 0 Å². The van der Waals surface area contributed by atoms with Crippen LogP contribution < -0.4 is 5.73 Å². The van der Waals surface area contributed by atoms with Crippen LogP contribution >= 0.6 is 0 Å². The molecule has 0 aliphatic heterocycles. The Morgan fingerprint density at radius 1 is 1.29 bits per heavy atom. The van der Waals surface area contributed by atoms with Gasteiger partial charge in [-0.15, -0.1) is 0 Å². The van der Waals surface area contributed by atoms with E-state index in [1.54, 1.807) is 58.2 Å². The molecule has 0 radical (unpaired) electrons. The van der Waals surface area contributed by atoms with Gasteiger partial charge >= 0.3 is 12.1 Å². The minimum absolute atomic E-state index is 0.301. The van der Waals surface area contributed by atoms with Crippen LogP contribution in [0, 0.1) is 0 Å². The third kappa shape index (κ3) is 4.16. The molecule has 0 aliphatic carbocycles. The number of hydrogen-bond donors (Lipinski definition) is 1. The number of rotatable bonds is 3. The highest BCUT2D eigenvalue weighted by Gasteiger charge is 2.20. The van der Waals surface area contributed by atoms with Gasteiger partial charge in [-0.05, 0) is 52.0 Å². The summed E-state index contributed by atoms with van der Waals surface area (Å²) < 4.78 is 11.7. The molecule has 24 heavy (non-hydrogen) atoms. The quantitative estimate of drug-likeness (QED) is 0.528. The Labute approximate surface area is 140 Å². The van der Waals surface area contributed by atoms with E-state index < -0.39 is 17.7 Å². The van der Waals surface area contributed by atoms with Gasteiger partial charge in [-0.1, -0.05) is 0 Å². The number of carbonyl (C=O) groups is 2. The summed E-state index contributed by atoms with van der Waals surface area (Å²) in [6.07, 6.45) is 4.04. The highest BCUT2D eigenvalue weighted by Crippen LogP contribution is 2.26. The summed E-state index contributed by atoms with van der Waals surface area (Å²) in [5, 5.41) is 0.751. The number of carbonyl (C=O) groups excluding carboxylic acids is 2. The fraction of sp³-hybridized carbons (Fsp3) is 0.333. The summed E-state index contributed by atoms with van der Waals surface area (Å²) in [4.78, 5) is 23.9. The normalized spacial score (nSPS) is 11.8. The van der Waals surface area contributed by atoms with Crippen LogP contribution in [0.3, 0.4) is 0 Å². The van der Waals surface area contributed by atoms with Crippen LogP contribution in [-0.4, -0.2) is 28.8 Å². The Hall–Kier alpha value is -2.76. The molecule has 0 aliphatic rings. The Morgan fingerprint density at radius 2 is 2.00 bits per heavy atom. The molecule has 0 atom stereocenters. The van der Waals surface area contributed by atoms with Crippen molar-refractivity contribution in [3.8, 4) is 0 Å². The van der Waals surface area contributed by atoms with Gasteiger partial charge in [-0.3, -0.25) is 4.57 Å². The van der Waals surface area contributed by atoms with Gasteiger partial charge in [0.25, 0.3) is 0 Å². The van der Waals surface area contributed by atoms with Crippen LogP contribution in [0.5, 0.6) is 0 Å². The third-order valence-electron chi connectivity index (χ3n) is 3.14.